The predicted octanol–water partition coefficient (Wildman–Crippen LogP) is 16.8. The first-order valence-corrected chi connectivity index (χ1v) is 22.1. The zero-order valence-electron chi connectivity index (χ0n) is 34.4. The van der Waals surface area contributed by atoms with Gasteiger partial charge < -0.3 is 0 Å². The Morgan fingerprint density at radius 2 is 0.698 bits per heavy atom. The van der Waals surface area contributed by atoms with E-state index in [-0.39, 0.29) is 0 Å². The average molecular weight is 795 g/mol. The van der Waals surface area contributed by atoms with Crippen LogP contribution >= 0.6 is 0 Å². The van der Waals surface area contributed by atoms with E-state index in [1.165, 1.54) is 132 Å². The van der Waals surface area contributed by atoms with Gasteiger partial charge in [0, 0.05) is 0 Å². The minimum atomic E-state index is -0.487. The molecule has 0 aromatic heterocycles. The summed E-state index contributed by atoms with van der Waals surface area (Å²) >= 11 is 0. The summed E-state index contributed by atoms with van der Waals surface area (Å²) in [6, 6.07) is 86.7. The smallest absolute Gasteiger partial charge is 0.0622 e. The van der Waals surface area contributed by atoms with Crippen molar-refractivity contribution in [3.05, 3.63) is 253 Å². The lowest BCUT2D eigenvalue weighted by atomic mass is 9.69. The lowest BCUT2D eigenvalue weighted by Crippen LogP contribution is -2.26. The van der Waals surface area contributed by atoms with Crippen molar-refractivity contribution in [1.82, 2.24) is 0 Å². The van der Waals surface area contributed by atoms with Crippen LogP contribution < -0.4 is 0 Å². The molecule has 0 fully saturated rings. The monoisotopic (exact) mass is 794 g/mol. The van der Waals surface area contributed by atoms with Gasteiger partial charge >= 0.3 is 0 Å². The molecule has 12 aromatic rings. The van der Waals surface area contributed by atoms with Crippen molar-refractivity contribution in [1.29, 1.82) is 0 Å². The molecule has 0 nitrogen and oxygen atoms in total. The lowest BCUT2D eigenvalue weighted by Gasteiger charge is -2.32. The molecule has 0 radical (unpaired) electrons. The highest BCUT2D eigenvalue weighted by Crippen LogP contribution is 2.66. The number of hydrogen-bond acceptors (Lipinski definition) is 0. The third-order valence-corrected chi connectivity index (χ3v) is 14.4. The molecule has 0 saturated carbocycles. The maximum absolute atomic E-state index is 2.52. The summed E-state index contributed by atoms with van der Waals surface area (Å²) in [6.07, 6.45) is 0. The van der Waals surface area contributed by atoms with Crippen LogP contribution in [-0.2, 0) is 5.41 Å². The van der Waals surface area contributed by atoms with Gasteiger partial charge in [-0.3, -0.25) is 0 Å². The molecule has 63 heavy (non-hydrogen) atoms. The highest BCUT2D eigenvalue weighted by molar-refractivity contribution is 6.25. The van der Waals surface area contributed by atoms with Crippen LogP contribution in [0.5, 0.6) is 0 Å². The van der Waals surface area contributed by atoms with E-state index < -0.39 is 5.41 Å². The minimum Gasteiger partial charge on any atom is -0.0622 e. The molecule has 1 spiro atoms. The number of fused-ring (bicyclic) bond motifs is 18. The Morgan fingerprint density at radius 3 is 1.33 bits per heavy atom. The molecule has 14 rings (SSSR count). The quantitative estimate of drug-likeness (QED) is 0.123. The molecule has 0 amide bonds. The van der Waals surface area contributed by atoms with Crippen molar-refractivity contribution in [3.63, 3.8) is 0 Å². The first kappa shape index (κ1) is 34.6. The summed E-state index contributed by atoms with van der Waals surface area (Å²) in [7, 11) is 0. The zero-order valence-corrected chi connectivity index (χ0v) is 34.4. The normalized spacial score (nSPS) is 13.2. The highest BCUT2D eigenvalue weighted by Gasteiger charge is 2.53. The van der Waals surface area contributed by atoms with Gasteiger partial charge in [-0.2, -0.15) is 0 Å². The second-order valence-corrected chi connectivity index (χ2v) is 17.4. The summed E-state index contributed by atoms with van der Waals surface area (Å²) in [6.45, 7) is 0. The first-order chi connectivity index (χ1) is 31.3. The molecule has 0 N–H and O–H groups in total. The second kappa shape index (κ2) is 13.0. The van der Waals surface area contributed by atoms with Gasteiger partial charge in [0.25, 0.3) is 0 Å². The molecule has 290 valence electrons. The maximum atomic E-state index is 2.52. The van der Waals surface area contributed by atoms with Gasteiger partial charge in [0.2, 0.25) is 0 Å². The Balaban J connectivity index is 1.11. The first-order valence-electron chi connectivity index (χ1n) is 22.1. The van der Waals surface area contributed by atoms with Gasteiger partial charge in [-0.05, 0) is 150 Å². The van der Waals surface area contributed by atoms with Gasteiger partial charge in [-0.25, -0.2) is 0 Å². The molecule has 0 heterocycles. The van der Waals surface area contributed by atoms with Gasteiger partial charge in [-0.1, -0.05) is 212 Å². The molecule has 2 aliphatic rings. The molecule has 0 atom stereocenters. The van der Waals surface area contributed by atoms with Crippen molar-refractivity contribution in [3.8, 4) is 55.6 Å². The van der Waals surface area contributed by atoms with Crippen molar-refractivity contribution < 1.29 is 0 Å². The van der Waals surface area contributed by atoms with Crippen LogP contribution in [0, 0.1) is 0 Å². The topological polar surface area (TPSA) is 0 Å². The SMILES string of the molecule is c1ccc(-c2ccccc2-c2c3ccccc3c(-c3ccc4c5c(c6ccccc6c4c3)-c3cc4ccccc4cc3C53c4ccccc4-c4ccccc43)c3ccccc23)cc1. The van der Waals surface area contributed by atoms with Crippen molar-refractivity contribution in [2.45, 2.75) is 5.41 Å². The van der Waals surface area contributed by atoms with E-state index in [1.54, 1.807) is 0 Å². The van der Waals surface area contributed by atoms with E-state index in [1.807, 2.05) is 0 Å². The van der Waals surface area contributed by atoms with Crippen LogP contribution in [0.15, 0.2) is 231 Å². The fraction of sp³-hybridized carbons (Fsp3) is 0.0159. The molecule has 2 aliphatic carbocycles. The molecule has 0 heteroatoms. The van der Waals surface area contributed by atoms with Crippen LogP contribution in [0.1, 0.15) is 22.3 Å². The standard InChI is InChI=1S/C63H38/c1-2-18-39(19-3-1)43-22-6-8-26-47(43)60-51-30-12-10-28-49(51)59(50-29-11-13-31-52(50)60)42-34-35-53-54(37-42)44-23-7-9-27-48(44)61-55-36-40-20-4-5-21-41(40)38-58(55)63(62(53)61)56-32-16-14-24-45(56)46-25-15-17-33-57(46)63/h1-38H. The van der Waals surface area contributed by atoms with Crippen LogP contribution in [0.4, 0.5) is 0 Å². The fourth-order valence-corrected chi connectivity index (χ4v) is 12.0. The van der Waals surface area contributed by atoms with Gasteiger partial charge in [0.1, 0.15) is 0 Å². The second-order valence-electron chi connectivity index (χ2n) is 17.4. The molecule has 12 aromatic carbocycles. The molecule has 0 unspecified atom stereocenters. The van der Waals surface area contributed by atoms with E-state index in [0.29, 0.717) is 0 Å². The van der Waals surface area contributed by atoms with Crippen molar-refractivity contribution >= 4 is 53.9 Å². The van der Waals surface area contributed by atoms with Gasteiger partial charge in [0.15, 0.2) is 0 Å². The number of benzene rings is 12. The third-order valence-electron chi connectivity index (χ3n) is 14.4. The van der Waals surface area contributed by atoms with E-state index >= 15 is 0 Å². The van der Waals surface area contributed by atoms with Crippen molar-refractivity contribution in [2.75, 3.05) is 0 Å². The Labute approximate surface area is 366 Å². The van der Waals surface area contributed by atoms with Gasteiger partial charge in [0.05, 0.1) is 5.41 Å². The number of hydrogen-bond donors (Lipinski definition) is 0. The van der Waals surface area contributed by atoms with Crippen LogP contribution in [-0.4, -0.2) is 0 Å². The van der Waals surface area contributed by atoms with Crippen LogP contribution in [0.3, 0.4) is 0 Å². The van der Waals surface area contributed by atoms with E-state index in [2.05, 4.69) is 231 Å². The van der Waals surface area contributed by atoms with E-state index in [4.69, 9.17) is 0 Å². The van der Waals surface area contributed by atoms with Crippen molar-refractivity contribution in [2.24, 2.45) is 0 Å². The van der Waals surface area contributed by atoms with Gasteiger partial charge in [-0.15, -0.1) is 0 Å². The maximum Gasteiger partial charge on any atom is 0.0731 e. The lowest BCUT2D eigenvalue weighted by molar-refractivity contribution is 0.803. The summed E-state index contributed by atoms with van der Waals surface area (Å²) in [4.78, 5) is 0. The molecule has 0 saturated heterocycles. The minimum absolute atomic E-state index is 0.487. The average Bonchev–Trinajstić information content (AvgIpc) is 3.82. The summed E-state index contributed by atoms with van der Waals surface area (Å²) in [5.74, 6) is 0. The Kier molecular flexibility index (Phi) is 7.13. The summed E-state index contributed by atoms with van der Waals surface area (Å²) < 4.78 is 0. The van der Waals surface area contributed by atoms with Crippen LogP contribution in [0.2, 0.25) is 0 Å². The summed E-state index contributed by atoms with van der Waals surface area (Å²) in [5.41, 5.74) is 17.8. The number of rotatable bonds is 3. The zero-order chi connectivity index (χ0) is 41.2. The largest absolute Gasteiger partial charge is 0.0731 e. The predicted molar refractivity (Wildman–Crippen MR) is 267 cm³/mol. The molecular weight excluding hydrogens is 757 g/mol. The Bertz CT molecular complexity index is 3800. The molecular formula is C63H38. The molecule has 0 aliphatic heterocycles. The van der Waals surface area contributed by atoms with E-state index in [9.17, 15) is 0 Å². The fourth-order valence-electron chi connectivity index (χ4n) is 12.0. The highest BCUT2D eigenvalue weighted by atomic mass is 14.5. The third kappa shape index (κ3) is 4.60. The molecule has 0 bridgehead atoms. The van der Waals surface area contributed by atoms with E-state index in [0.717, 1.165) is 0 Å². The Morgan fingerprint density at radius 1 is 0.222 bits per heavy atom. The summed E-state index contributed by atoms with van der Waals surface area (Å²) in [5, 5.41) is 12.8. The Hall–Kier alpha value is -8.06. The van der Waals surface area contributed by atoms with Crippen LogP contribution in [0.25, 0.3) is 109 Å².